The van der Waals surface area contributed by atoms with Gasteiger partial charge in [-0.15, -0.1) is 0 Å². The highest BCUT2D eigenvalue weighted by molar-refractivity contribution is 5.73. The van der Waals surface area contributed by atoms with E-state index in [1.807, 2.05) is 25.7 Å². The summed E-state index contributed by atoms with van der Waals surface area (Å²) in [5.41, 5.74) is -0.527. The quantitative estimate of drug-likeness (QED) is 0.745. The van der Waals surface area contributed by atoms with Gasteiger partial charge in [-0.2, -0.15) is 0 Å². The molecule has 0 radical (unpaired) electrons. The average Bonchev–Trinajstić information content (AvgIpc) is 3.05. The molecule has 24 heavy (non-hydrogen) atoms. The van der Waals surface area contributed by atoms with Crippen LogP contribution in [0.5, 0.6) is 0 Å². The van der Waals surface area contributed by atoms with Crippen LogP contribution in [0.25, 0.3) is 0 Å². The molecule has 4 unspecified atom stereocenters. The van der Waals surface area contributed by atoms with E-state index in [2.05, 4.69) is 5.32 Å². The van der Waals surface area contributed by atoms with Crippen LogP contribution in [-0.2, 0) is 9.53 Å². The molecule has 0 heterocycles. The number of carboxylic acid groups (broad SMARTS) is 1. The number of nitrogens with zero attached hydrogens (tertiary/aromatic N) is 1. The first-order valence-electron chi connectivity index (χ1n) is 9.09. The van der Waals surface area contributed by atoms with Crippen molar-refractivity contribution in [3.05, 3.63) is 0 Å². The van der Waals surface area contributed by atoms with Crippen LogP contribution in [-0.4, -0.2) is 53.3 Å². The number of hydrogen-bond acceptors (Lipinski definition) is 4. The summed E-state index contributed by atoms with van der Waals surface area (Å²) in [5.74, 6) is 1.40. The Balaban J connectivity index is 1.83. The number of amides is 1. The predicted molar refractivity (Wildman–Crippen MR) is 91.8 cm³/mol. The third-order valence-electron chi connectivity index (χ3n) is 5.33. The van der Waals surface area contributed by atoms with Gasteiger partial charge in [-0.25, -0.2) is 4.79 Å². The van der Waals surface area contributed by atoms with Gasteiger partial charge in [0, 0.05) is 19.6 Å². The number of ether oxygens (including phenoxy) is 1. The van der Waals surface area contributed by atoms with Gasteiger partial charge in [0.2, 0.25) is 0 Å². The molecular formula is C18H32N2O4. The zero-order valence-corrected chi connectivity index (χ0v) is 15.4. The number of alkyl carbamates (subject to hydrolysis) is 1. The molecule has 2 N–H and O–H groups in total. The SMILES string of the molecule is CC(C(=O)O)N(CCNC(=O)OC(C)(C)C)CC1CC2CCC1C2. The van der Waals surface area contributed by atoms with Gasteiger partial charge in [0.15, 0.2) is 0 Å². The maximum absolute atomic E-state index is 11.7. The maximum Gasteiger partial charge on any atom is 0.407 e. The summed E-state index contributed by atoms with van der Waals surface area (Å²) < 4.78 is 5.22. The van der Waals surface area contributed by atoms with Crippen LogP contribution in [0, 0.1) is 17.8 Å². The minimum Gasteiger partial charge on any atom is -0.480 e. The zero-order chi connectivity index (χ0) is 17.9. The van der Waals surface area contributed by atoms with Gasteiger partial charge in [-0.05, 0) is 64.7 Å². The summed E-state index contributed by atoms with van der Waals surface area (Å²) in [5, 5.41) is 12.1. The second-order valence-electron chi connectivity index (χ2n) is 8.37. The molecule has 6 heteroatoms. The first kappa shape index (κ1) is 19.0. The van der Waals surface area contributed by atoms with Crippen LogP contribution in [0.2, 0.25) is 0 Å². The van der Waals surface area contributed by atoms with E-state index in [0.29, 0.717) is 19.0 Å². The molecule has 0 aromatic rings. The van der Waals surface area contributed by atoms with E-state index in [4.69, 9.17) is 4.74 Å². The molecular weight excluding hydrogens is 308 g/mol. The molecule has 6 nitrogen and oxygen atoms in total. The van der Waals surface area contributed by atoms with Gasteiger partial charge in [-0.1, -0.05) is 6.42 Å². The summed E-state index contributed by atoms with van der Waals surface area (Å²) in [6.07, 6.45) is 4.73. The summed E-state index contributed by atoms with van der Waals surface area (Å²) in [6, 6.07) is -0.537. The minimum atomic E-state index is -0.810. The Labute approximate surface area is 144 Å². The van der Waals surface area contributed by atoms with E-state index in [1.165, 1.54) is 25.7 Å². The van der Waals surface area contributed by atoms with Crippen LogP contribution in [0.15, 0.2) is 0 Å². The van der Waals surface area contributed by atoms with Crippen molar-refractivity contribution in [3.8, 4) is 0 Å². The highest BCUT2D eigenvalue weighted by Crippen LogP contribution is 2.48. The van der Waals surface area contributed by atoms with Crippen molar-refractivity contribution in [2.75, 3.05) is 19.6 Å². The van der Waals surface area contributed by atoms with E-state index in [9.17, 15) is 14.7 Å². The fourth-order valence-corrected chi connectivity index (χ4v) is 4.12. The second kappa shape index (κ2) is 7.72. The van der Waals surface area contributed by atoms with Crippen LogP contribution in [0.1, 0.15) is 53.4 Å². The van der Waals surface area contributed by atoms with Crippen molar-refractivity contribution in [1.29, 1.82) is 0 Å². The minimum absolute atomic E-state index is 0.396. The molecule has 0 aromatic carbocycles. The highest BCUT2D eigenvalue weighted by atomic mass is 16.6. The molecule has 0 aliphatic heterocycles. The Bertz CT molecular complexity index is 460. The molecule has 0 spiro atoms. The summed E-state index contributed by atoms with van der Waals surface area (Å²) in [7, 11) is 0. The molecule has 2 saturated carbocycles. The number of carbonyl (C=O) groups excluding carboxylic acids is 1. The van der Waals surface area contributed by atoms with Gasteiger partial charge in [0.1, 0.15) is 11.6 Å². The van der Waals surface area contributed by atoms with Crippen molar-refractivity contribution < 1.29 is 19.4 Å². The van der Waals surface area contributed by atoms with Gasteiger partial charge >= 0.3 is 12.1 Å². The molecule has 0 aromatic heterocycles. The van der Waals surface area contributed by atoms with Crippen LogP contribution in [0.4, 0.5) is 4.79 Å². The fourth-order valence-electron chi connectivity index (χ4n) is 4.12. The van der Waals surface area contributed by atoms with Crippen molar-refractivity contribution in [2.24, 2.45) is 17.8 Å². The molecule has 1 amide bonds. The first-order chi connectivity index (χ1) is 11.2. The Morgan fingerprint density at radius 1 is 1.29 bits per heavy atom. The average molecular weight is 340 g/mol. The number of aliphatic carboxylic acids is 1. The number of rotatable bonds is 7. The number of carbonyl (C=O) groups is 2. The van der Waals surface area contributed by atoms with Crippen molar-refractivity contribution in [1.82, 2.24) is 10.2 Å². The number of fused-ring (bicyclic) bond motifs is 2. The molecule has 2 aliphatic carbocycles. The molecule has 2 fully saturated rings. The first-order valence-corrected chi connectivity index (χ1v) is 9.09. The molecule has 2 aliphatic rings. The molecule has 2 rings (SSSR count). The van der Waals surface area contributed by atoms with Crippen LogP contribution >= 0.6 is 0 Å². The van der Waals surface area contributed by atoms with Gasteiger partial charge in [0.25, 0.3) is 0 Å². The lowest BCUT2D eigenvalue weighted by molar-refractivity contribution is -0.142. The lowest BCUT2D eigenvalue weighted by Gasteiger charge is -2.32. The summed E-state index contributed by atoms with van der Waals surface area (Å²) in [4.78, 5) is 25.1. The van der Waals surface area contributed by atoms with Crippen LogP contribution in [0.3, 0.4) is 0 Å². The van der Waals surface area contributed by atoms with Crippen molar-refractivity contribution in [3.63, 3.8) is 0 Å². The predicted octanol–water partition coefficient (Wildman–Crippen LogP) is 2.72. The third-order valence-corrected chi connectivity index (χ3v) is 5.33. The van der Waals surface area contributed by atoms with Crippen molar-refractivity contribution >= 4 is 12.1 Å². The number of hydrogen-bond donors (Lipinski definition) is 2. The molecule has 138 valence electrons. The van der Waals surface area contributed by atoms with E-state index in [1.54, 1.807) is 6.92 Å². The molecule has 2 bridgehead atoms. The fraction of sp³-hybridized carbons (Fsp3) is 0.889. The van der Waals surface area contributed by atoms with Crippen LogP contribution < -0.4 is 5.32 Å². The topological polar surface area (TPSA) is 78.9 Å². The number of carboxylic acids is 1. The number of nitrogens with one attached hydrogen (secondary N) is 1. The normalized spacial score (nSPS) is 27.3. The Hall–Kier alpha value is -1.30. The molecule has 4 atom stereocenters. The standard InChI is InChI=1S/C18H32N2O4/c1-12(16(21)22)20(8-7-19-17(23)24-18(2,3)4)11-15-10-13-5-6-14(15)9-13/h12-15H,5-11H2,1-4H3,(H,19,23)(H,21,22). The zero-order valence-electron chi connectivity index (χ0n) is 15.4. The smallest absolute Gasteiger partial charge is 0.407 e. The lowest BCUT2D eigenvalue weighted by Crippen LogP contribution is -2.46. The second-order valence-corrected chi connectivity index (χ2v) is 8.37. The Morgan fingerprint density at radius 3 is 2.50 bits per heavy atom. The van der Waals surface area contributed by atoms with E-state index < -0.39 is 23.7 Å². The van der Waals surface area contributed by atoms with E-state index in [0.717, 1.165) is 18.4 Å². The lowest BCUT2D eigenvalue weighted by atomic mass is 9.88. The van der Waals surface area contributed by atoms with Gasteiger partial charge < -0.3 is 15.2 Å². The monoisotopic (exact) mass is 340 g/mol. The summed E-state index contributed by atoms with van der Waals surface area (Å²) >= 11 is 0. The third kappa shape index (κ3) is 5.36. The highest BCUT2D eigenvalue weighted by Gasteiger charge is 2.40. The summed E-state index contributed by atoms with van der Waals surface area (Å²) in [6.45, 7) is 8.92. The maximum atomic E-state index is 11.7. The Kier molecular flexibility index (Phi) is 6.12. The van der Waals surface area contributed by atoms with Crippen molar-refractivity contribution in [2.45, 2.75) is 65.0 Å². The van der Waals surface area contributed by atoms with E-state index >= 15 is 0 Å². The largest absolute Gasteiger partial charge is 0.480 e. The van der Waals surface area contributed by atoms with E-state index in [-0.39, 0.29) is 0 Å². The van der Waals surface area contributed by atoms with Gasteiger partial charge in [0.05, 0.1) is 0 Å². The Morgan fingerprint density at radius 2 is 2.00 bits per heavy atom. The molecule has 0 saturated heterocycles. The van der Waals surface area contributed by atoms with Gasteiger partial charge in [-0.3, -0.25) is 9.69 Å².